The maximum atomic E-state index is 11.8. The number of rotatable bonds is 6. The van der Waals surface area contributed by atoms with Gasteiger partial charge in [-0.3, -0.25) is 9.59 Å². The van der Waals surface area contributed by atoms with Crippen LogP contribution in [0.2, 0.25) is 0 Å². The van der Waals surface area contributed by atoms with Crippen LogP contribution in [0.3, 0.4) is 0 Å². The van der Waals surface area contributed by atoms with Gasteiger partial charge in [-0.25, -0.2) is 0 Å². The van der Waals surface area contributed by atoms with Crippen molar-refractivity contribution in [2.45, 2.75) is 19.8 Å². The minimum atomic E-state index is -0.00443. The zero-order valence-corrected chi connectivity index (χ0v) is 11.0. The number of carbonyl (C=O) groups is 2. The molecule has 0 saturated carbocycles. The second kappa shape index (κ2) is 7.87. The van der Waals surface area contributed by atoms with Crippen molar-refractivity contribution < 1.29 is 14.3 Å². The van der Waals surface area contributed by atoms with E-state index >= 15 is 0 Å². The monoisotopic (exact) mass is 254 g/mol. The van der Waals surface area contributed by atoms with Gasteiger partial charge in [0.1, 0.15) is 0 Å². The highest BCUT2D eigenvalue weighted by Gasteiger charge is 2.21. The highest BCUT2D eigenvalue weighted by atomic mass is 16.5. The van der Waals surface area contributed by atoms with Crippen molar-refractivity contribution in [1.82, 2.24) is 10.2 Å². The molecule has 0 aromatic rings. The average molecular weight is 254 g/mol. The zero-order chi connectivity index (χ0) is 13.4. The highest BCUT2D eigenvalue weighted by Crippen LogP contribution is 2.14. The minimum Gasteiger partial charge on any atom is -0.381 e. The summed E-state index contributed by atoms with van der Waals surface area (Å²) in [6.07, 6.45) is 3.26. The standard InChI is InChI=1S/C13H22N2O3/c1-3-7-15(11(2)16)8-6-14-13(17)12-4-9-18-10-5-12/h3,12H,1,4-10H2,2H3,(H,14,17). The summed E-state index contributed by atoms with van der Waals surface area (Å²) in [6.45, 7) is 7.97. The largest absolute Gasteiger partial charge is 0.381 e. The number of amides is 2. The Hall–Kier alpha value is -1.36. The normalized spacial score (nSPS) is 16.1. The van der Waals surface area contributed by atoms with Gasteiger partial charge in [-0.1, -0.05) is 6.08 Å². The van der Waals surface area contributed by atoms with Gasteiger partial charge in [-0.15, -0.1) is 6.58 Å². The van der Waals surface area contributed by atoms with Crippen molar-refractivity contribution in [2.24, 2.45) is 5.92 Å². The molecule has 0 unspecified atom stereocenters. The Morgan fingerprint density at radius 1 is 1.44 bits per heavy atom. The van der Waals surface area contributed by atoms with Crippen molar-refractivity contribution in [3.63, 3.8) is 0 Å². The SMILES string of the molecule is C=CCN(CCNC(=O)C1CCOCC1)C(C)=O. The van der Waals surface area contributed by atoms with E-state index in [2.05, 4.69) is 11.9 Å². The lowest BCUT2D eigenvalue weighted by molar-refractivity contribution is -0.130. The van der Waals surface area contributed by atoms with E-state index in [1.807, 2.05) is 0 Å². The third-order valence-corrected chi connectivity index (χ3v) is 3.07. The Morgan fingerprint density at radius 2 is 2.11 bits per heavy atom. The molecule has 0 atom stereocenters. The number of hydrogen-bond donors (Lipinski definition) is 1. The second-order valence-corrected chi connectivity index (χ2v) is 4.43. The number of nitrogens with zero attached hydrogens (tertiary/aromatic N) is 1. The summed E-state index contributed by atoms with van der Waals surface area (Å²) in [4.78, 5) is 24.7. The van der Waals surface area contributed by atoms with Gasteiger partial charge in [0.2, 0.25) is 11.8 Å². The summed E-state index contributed by atoms with van der Waals surface area (Å²) < 4.78 is 5.21. The molecule has 0 spiro atoms. The zero-order valence-electron chi connectivity index (χ0n) is 11.0. The first-order chi connectivity index (χ1) is 8.65. The van der Waals surface area contributed by atoms with Crippen LogP contribution in [0, 0.1) is 5.92 Å². The van der Waals surface area contributed by atoms with Gasteiger partial charge >= 0.3 is 0 Å². The molecular formula is C13H22N2O3. The van der Waals surface area contributed by atoms with Gasteiger partial charge < -0.3 is 15.0 Å². The van der Waals surface area contributed by atoms with Crippen LogP contribution in [-0.2, 0) is 14.3 Å². The number of carbonyl (C=O) groups excluding carboxylic acids is 2. The molecule has 1 N–H and O–H groups in total. The van der Waals surface area contributed by atoms with Crippen LogP contribution < -0.4 is 5.32 Å². The maximum Gasteiger partial charge on any atom is 0.223 e. The Bertz CT molecular complexity index is 299. The lowest BCUT2D eigenvalue weighted by Crippen LogP contribution is -2.40. The first-order valence-corrected chi connectivity index (χ1v) is 6.37. The van der Waals surface area contributed by atoms with Gasteiger partial charge in [0.05, 0.1) is 0 Å². The molecule has 1 aliphatic heterocycles. The molecule has 1 fully saturated rings. The van der Waals surface area contributed by atoms with E-state index < -0.39 is 0 Å². The molecule has 0 bridgehead atoms. The Morgan fingerprint density at radius 3 is 2.67 bits per heavy atom. The number of hydrogen-bond acceptors (Lipinski definition) is 3. The molecule has 0 aromatic heterocycles. The topological polar surface area (TPSA) is 58.6 Å². The molecule has 5 heteroatoms. The summed E-state index contributed by atoms with van der Waals surface area (Å²) in [5, 5.41) is 2.87. The highest BCUT2D eigenvalue weighted by molar-refractivity contribution is 5.78. The van der Waals surface area contributed by atoms with Crippen molar-refractivity contribution in [2.75, 3.05) is 32.8 Å². The van der Waals surface area contributed by atoms with E-state index in [1.54, 1.807) is 11.0 Å². The van der Waals surface area contributed by atoms with Crippen LogP contribution >= 0.6 is 0 Å². The van der Waals surface area contributed by atoms with Crippen LogP contribution in [0.4, 0.5) is 0 Å². The predicted octanol–water partition coefficient (Wildman–Crippen LogP) is 0.564. The fourth-order valence-corrected chi connectivity index (χ4v) is 1.95. The van der Waals surface area contributed by atoms with E-state index in [-0.39, 0.29) is 17.7 Å². The van der Waals surface area contributed by atoms with Crippen LogP contribution in [0.25, 0.3) is 0 Å². The van der Waals surface area contributed by atoms with Crippen LogP contribution in [0.1, 0.15) is 19.8 Å². The van der Waals surface area contributed by atoms with Gasteiger partial charge in [-0.2, -0.15) is 0 Å². The van der Waals surface area contributed by atoms with Gasteiger partial charge in [0.25, 0.3) is 0 Å². The molecule has 1 rings (SSSR count). The fraction of sp³-hybridized carbons (Fsp3) is 0.692. The summed E-state index contributed by atoms with van der Waals surface area (Å²) >= 11 is 0. The molecule has 0 aromatic carbocycles. The molecule has 1 aliphatic rings. The minimum absolute atomic E-state index is 0.00443. The van der Waals surface area contributed by atoms with E-state index in [1.165, 1.54) is 6.92 Å². The first-order valence-electron chi connectivity index (χ1n) is 6.37. The lowest BCUT2D eigenvalue weighted by atomic mass is 9.99. The summed E-state index contributed by atoms with van der Waals surface area (Å²) in [6, 6.07) is 0. The summed E-state index contributed by atoms with van der Waals surface area (Å²) in [5.41, 5.74) is 0. The fourth-order valence-electron chi connectivity index (χ4n) is 1.95. The first kappa shape index (κ1) is 14.7. The Labute approximate surface area is 108 Å². The van der Waals surface area contributed by atoms with E-state index in [0.29, 0.717) is 32.8 Å². The Balaban J connectivity index is 2.24. The Kier molecular flexibility index (Phi) is 6.43. The van der Waals surface area contributed by atoms with Crippen molar-refractivity contribution in [3.8, 4) is 0 Å². The van der Waals surface area contributed by atoms with E-state index in [4.69, 9.17) is 4.74 Å². The smallest absolute Gasteiger partial charge is 0.223 e. The number of ether oxygens (including phenoxy) is 1. The van der Waals surface area contributed by atoms with E-state index in [9.17, 15) is 9.59 Å². The van der Waals surface area contributed by atoms with Crippen molar-refractivity contribution in [3.05, 3.63) is 12.7 Å². The third-order valence-electron chi connectivity index (χ3n) is 3.07. The van der Waals surface area contributed by atoms with Crippen LogP contribution in [0.5, 0.6) is 0 Å². The van der Waals surface area contributed by atoms with Gasteiger partial charge in [0, 0.05) is 45.7 Å². The quantitative estimate of drug-likeness (QED) is 0.705. The molecule has 18 heavy (non-hydrogen) atoms. The van der Waals surface area contributed by atoms with Gasteiger partial charge in [0.15, 0.2) is 0 Å². The molecular weight excluding hydrogens is 232 g/mol. The molecule has 2 amide bonds. The number of nitrogens with one attached hydrogen (secondary N) is 1. The lowest BCUT2D eigenvalue weighted by Gasteiger charge is -2.23. The predicted molar refractivity (Wildman–Crippen MR) is 69.0 cm³/mol. The molecule has 1 heterocycles. The molecule has 0 radical (unpaired) electrons. The van der Waals surface area contributed by atoms with E-state index in [0.717, 1.165) is 12.8 Å². The maximum absolute atomic E-state index is 11.8. The molecule has 102 valence electrons. The van der Waals surface area contributed by atoms with Gasteiger partial charge in [-0.05, 0) is 12.8 Å². The van der Waals surface area contributed by atoms with Crippen LogP contribution in [0.15, 0.2) is 12.7 Å². The molecule has 5 nitrogen and oxygen atoms in total. The second-order valence-electron chi connectivity index (χ2n) is 4.43. The van der Waals surface area contributed by atoms with Crippen molar-refractivity contribution in [1.29, 1.82) is 0 Å². The molecule has 0 aliphatic carbocycles. The summed E-state index contributed by atoms with van der Waals surface area (Å²) in [5.74, 6) is 0.125. The van der Waals surface area contributed by atoms with Crippen molar-refractivity contribution >= 4 is 11.8 Å². The molecule has 1 saturated heterocycles. The average Bonchev–Trinajstić information content (AvgIpc) is 2.38. The third kappa shape index (κ3) is 4.87. The van der Waals surface area contributed by atoms with Crippen LogP contribution in [-0.4, -0.2) is 49.6 Å². The summed E-state index contributed by atoms with van der Waals surface area (Å²) in [7, 11) is 0.